The van der Waals surface area contributed by atoms with E-state index in [0.29, 0.717) is 39.4 Å². The Balaban J connectivity index is 0.779. The minimum absolute atomic E-state index is 0.0182. The number of carbonyl (C=O) groups excluding carboxylic acids is 2. The summed E-state index contributed by atoms with van der Waals surface area (Å²) in [7, 11) is 5.78. The number of imide groups is 1. The summed E-state index contributed by atoms with van der Waals surface area (Å²) in [6, 6.07) is 17.6. The fourth-order valence-electron chi connectivity index (χ4n) is 11.1. The topological polar surface area (TPSA) is 129 Å². The third-order valence-electron chi connectivity index (χ3n) is 15.0. The van der Waals surface area contributed by atoms with Crippen LogP contribution in [0.15, 0.2) is 53.3 Å². The summed E-state index contributed by atoms with van der Waals surface area (Å²) in [4.78, 5) is 50.9. The zero-order valence-corrected chi connectivity index (χ0v) is 36.8. The van der Waals surface area contributed by atoms with E-state index < -0.39 is 6.03 Å². The first-order chi connectivity index (χ1) is 30.4. The molecule has 3 aromatic carbocycles. The Morgan fingerprint density at radius 3 is 2.24 bits per heavy atom. The average Bonchev–Trinajstić information content (AvgIpc) is 3.60. The van der Waals surface area contributed by atoms with Crippen LogP contribution < -0.4 is 35.4 Å². The largest absolute Gasteiger partial charge is 0.371 e. The lowest BCUT2D eigenvalue weighted by Gasteiger charge is -2.48. The van der Waals surface area contributed by atoms with Crippen molar-refractivity contribution in [3.63, 3.8) is 0 Å². The minimum Gasteiger partial charge on any atom is -0.371 e. The lowest BCUT2D eigenvalue weighted by Crippen LogP contribution is -2.49. The van der Waals surface area contributed by atoms with Gasteiger partial charge in [-0.15, -0.1) is 0 Å². The van der Waals surface area contributed by atoms with Gasteiger partial charge in [0, 0.05) is 102 Å². The van der Waals surface area contributed by atoms with Crippen molar-refractivity contribution in [1.29, 1.82) is 5.26 Å². The number of rotatable bonds is 6. The van der Waals surface area contributed by atoms with E-state index in [1.54, 1.807) is 16.3 Å². The van der Waals surface area contributed by atoms with Crippen molar-refractivity contribution in [2.24, 2.45) is 25.4 Å². The smallest absolute Gasteiger partial charge is 0.329 e. The van der Waals surface area contributed by atoms with Gasteiger partial charge in [0.25, 0.3) is 5.56 Å². The number of aryl methyl sites for hydroxylation is 3. The van der Waals surface area contributed by atoms with Gasteiger partial charge in [-0.2, -0.15) is 10.4 Å². The number of fused-ring (bicyclic) bond motifs is 3. The fraction of sp³-hybridized carbons (Fsp3) is 0.479. The third-order valence-corrected chi connectivity index (χ3v) is 15.0. The van der Waals surface area contributed by atoms with Crippen molar-refractivity contribution >= 4 is 68.0 Å². The van der Waals surface area contributed by atoms with Crippen LogP contribution in [0, 0.1) is 35.4 Å². The molecule has 63 heavy (non-hydrogen) atoms. The lowest BCUT2D eigenvalue weighted by molar-refractivity contribution is -0.120. The molecule has 4 saturated heterocycles. The number of urea groups is 1. The van der Waals surface area contributed by atoms with Crippen LogP contribution in [-0.2, 0) is 18.9 Å². The molecule has 5 aliphatic rings. The third kappa shape index (κ3) is 7.31. The Hall–Kier alpha value is -6.14. The first-order valence-electron chi connectivity index (χ1n) is 22.6. The first-order valence-corrected chi connectivity index (χ1v) is 22.6. The maximum absolute atomic E-state index is 15.8. The van der Waals surface area contributed by atoms with E-state index in [-0.39, 0.29) is 30.2 Å². The molecule has 5 aliphatic heterocycles. The predicted octanol–water partition coefficient (Wildman–Crippen LogP) is 6.38. The van der Waals surface area contributed by atoms with Gasteiger partial charge in [0.1, 0.15) is 5.82 Å². The summed E-state index contributed by atoms with van der Waals surface area (Å²) in [5, 5.41) is 18.3. The van der Waals surface area contributed by atoms with Crippen LogP contribution in [0.2, 0.25) is 0 Å². The highest BCUT2D eigenvalue weighted by Gasteiger charge is 2.39. The van der Waals surface area contributed by atoms with Crippen molar-refractivity contribution in [2.45, 2.75) is 51.9 Å². The SMILES string of the molecule is Cc1cc2c(N3CCN(C)c4ccc(C#N)cc43)cc(N3CCC4(CCN(CC5CCN(c6cc7c(cc6F)c(N6CCC(=O)NC6=O)nn7C)CC5)CC4)CC3)cc2n(C)c1=O. The molecule has 3 amide bonds. The number of benzene rings is 3. The average molecular weight is 854 g/mol. The molecular weight excluding hydrogens is 798 g/mol. The molecule has 5 aromatic rings. The molecule has 0 bridgehead atoms. The molecule has 2 aromatic heterocycles. The number of amides is 3. The van der Waals surface area contributed by atoms with Crippen molar-refractivity contribution in [1.82, 2.24) is 24.6 Å². The standard InChI is InChI=1S/C48H56FN11O3/c1-31-23-35-39(54(3)46(31)62)25-34(26-41(35)59-22-21-53(2)38-6-5-33(29-50)24-43(38)59)57-19-12-48(13-20-57)10-17-56(18-11-48)30-32-7-14-58(15-8-32)42-28-40-36(27-37(42)49)45(52-55(40)4)60-16-9-44(61)51-47(60)63/h5-6,23-28,32H,7-22,30H2,1-4H3,(H,51,61,63). The maximum atomic E-state index is 15.8. The summed E-state index contributed by atoms with van der Waals surface area (Å²) in [6.45, 7) is 10.5. The van der Waals surface area contributed by atoms with Gasteiger partial charge in [0.2, 0.25) is 5.91 Å². The normalized spacial score (nSPS) is 19.9. The van der Waals surface area contributed by atoms with Crippen molar-refractivity contribution in [3.8, 4) is 6.07 Å². The van der Waals surface area contributed by atoms with Crippen LogP contribution in [0.4, 0.5) is 43.4 Å². The monoisotopic (exact) mass is 853 g/mol. The van der Waals surface area contributed by atoms with Crippen molar-refractivity contribution in [3.05, 3.63) is 75.8 Å². The number of nitrogens with zero attached hydrogens (tertiary/aromatic N) is 10. The van der Waals surface area contributed by atoms with E-state index in [0.717, 1.165) is 124 Å². The fourth-order valence-corrected chi connectivity index (χ4v) is 11.1. The summed E-state index contributed by atoms with van der Waals surface area (Å²) >= 11 is 0. The molecular formula is C48H56FN11O3. The second-order valence-corrected chi connectivity index (χ2v) is 18.7. The van der Waals surface area contributed by atoms with E-state index in [1.165, 1.54) is 23.8 Å². The Labute approximate surface area is 367 Å². The van der Waals surface area contributed by atoms with Crippen LogP contribution >= 0.6 is 0 Å². The second-order valence-electron chi connectivity index (χ2n) is 18.7. The van der Waals surface area contributed by atoms with Crippen LogP contribution in [0.25, 0.3) is 21.8 Å². The molecule has 1 spiro atoms. The van der Waals surface area contributed by atoms with E-state index in [9.17, 15) is 19.6 Å². The molecule has 0 aliphatic carbocycles. The summed E-state index contributed by atoms with van der Waals surface area (Å²) < 4.78 is 19.3. The Morgan fingerprint density at radius 1 is 0.762 bits per heavy atom. The number of nitriles is 1. The minimum atomic E-state index is -0.532. The van der Waals surface area contributed by atoms with Gasteiger partial charge in [0.15, 0.2) is 5.82 Å². The van der Waals surface area contributed by atoms with Crippen LogP contribution in [0.3, 0.4) is 0 Å². The Bertz CT molecular complexity index is 2750. The zero-order valence-electron chi connectivity index (χ0n) is 36.8. The number of carbonyl (C=O) groups is 2. The number of nitrogens with one attached hydrogen (secondary N) is 1. The zero-order chi connectivity index (χ0) is 43.7. The van der Waals surface area contributed by atoms with Crippen molar-refractivity contribution < 1.29 is 14.0 Å². The molecule has 15 heteroatoms. The van der Waals surface area contributed by atoms with E-state index in [1.807, 2.05) is 44.3 Å². The van der Waals surface area contributed by atoms with Gasteiger partial charge in [-0.25, -0.2) is 9.18 Å². The number of halogens is 1. The van der Waals surface area contributed by atoms with E-state index >= 15 is 4.39 Å². The molecule has 0 atom stereocenters. The molecule has 4 fully saturated rings. The molecule has 14 nitrogen and oxygen atoms in total. The first kappa shape index (κ1) is 40.9. The highest BCUT2D eigenvalue weighted by atomic mass is 19.1. The van der Waals surface area contributed by atoms with E-state index in [2.05, 4.69) is 60.2 Å². The van der Waals surface area contributed by atoms with Gasteiger partial charge in [-0.1, -0.05) is 0 Å². The number of pyridine rings is 1. The number of aromatic nitrogens is 3. The summed E-state index contributed by atoms with van der Waals surface area (Å²) in [5.74, 6) is 0.284. The van der Waals surface area contributed by atoms with Crippen LogP contribution in [0.5, 0.6) is 0 Å². The van der Waals surface area contributed by atoms with Gasteiger partial charge < -0.3 is 29.1 Å². The molecule has 0 saturated carbocycles. The van der Waals surface area contributed by atoms with Crippen LogP contribution in [-0.4, -0.2) is 104 Å². The highest BCUT2D eigenvalue weighted by molar-refractivity contribution is 6.09. The molecule has 7 heterocycles. The molecule has 1 N–H and O–H groups in total. The number of likely N-dealkylation sites (N-methyl/N-ethyl adjacent to an activating group) is 1. The molecule has 0 radical (unpaired) electrons. The van der Waals surface area contributed by atoms with Gasteiger partial charge >= 0.3 is 6.03 Å². The maximum Gasteiger partial charge on any atom is 0.329 e. The summed E-state index contributed by atoms with van der Waals surface area (Å²) in [5.41, 5.74) is 8.26. The Kier molecular flexibility index (Phi) is 10.3. The van der Waals surface area contributed by atoms with Crippen molar-refractivity contribution in [2.75, 3.05) is 97.0 Å². The number of piperidine rings is 3. The van der Waals surface area contributed by atoms with Gasteiger partial charge in [-0.05, 0) is 118 Å². The number of hydrogen-bond acceptors (Lipinski definition) is 10. The van der Waals surface area contributed by atoms with Crippen LogP contribution in [0.1, 0.15) is 56.1 Å². The second kappa shape index (κ2) is 15.9. The number of likely N-dealkylation sites (tertiary alicyclic amines) is 1. The lowest BCUT2D eigenvalue weighted by atomic mass is 9.71. The highest BCUT2D eigenvalue weighted by Crippen LogP contribution is 2.46. The predicted molar refractivity (Wildman–Crippen MR) is 246 cm³/mol. The quantitative estimate of drug-likeness (QED) is 0.206. The van der Waals surface area contributed by atoms with Gasteiger partial charge in [-0.3, -0.25) is 24.5 Å². The Morgan fingerprint density at radius 2 is 1.51 bits per heavy atom. The van der Waals surface area contributed by atoms with Gasteiger partial charge in [0.05, 0.1) is 45.4 Å². The summed E-state index contributed by atoms with van der Waals surface area (Å²) in [6.07, 6.45) is 6.86. The molecule has 10 rings (SSSR count). The number of anilines is 6. The number of hydrogen-bond donors (Lipinski definition) is 1. The van der Waals surface area contributed by atoms with E-state index in [4.69, 9.17) is 0 Å². The molecule has 328 valence electrons. The molecule has 0 unspecified atom stereocenters.